The predicted octanol–water partition coefficient (Wildman–Crippen LogP) is 2.24. The van der Waals surface area contributed by atoms with Crippen LogP contribution in [0.1, 0.15) is 5.56 Å². The van der Waals surface area contributed by atoms with E-state index in [0.29, 0.717) is 17.0 Å². The second kappa shape index (κ2) is 5.50. The maximum Gasteiger partial charge on any atom is 0.225 e. The summed E-state index contributed by atoms with van der Waals surface area (Å²) in [7, 11) is 0. The van der Waals surface area contributed by atoms with Crippen molar-refractivity contribution in [1.82, 2.24) is 15.0 Å². The van der Waals surface area contributed by atoms with Crippen molar-refractivity contribution in [2.75, 3.05) is 11.5 Å². The van der Waals surface area contributed by atoms with E-state index in [1.807, 2.05) is 36.4 Å². The van der Waals surface area contributed by atoms with Gasteiger partial charge in [-0.1, -0.05) is 36.4 Å². The van der Waals surface area contributed by atoms with E-state index in [2.05, 4.69) is 21.0 Å². The molecule has 0 unspecified atom stereocenters. The molecular formula is C16H12N6. The summed E-state index contributed by atoms with van der Waals surface area (Å²) in [5, 5.41) is 9.13. The van der Waals surface area contributed by atoms with Crippen LogP contribution in [0.15, 0.2) is 48.5 Å². The lowest BCUT2D eigenvalue weighted by Gasteiger charge is -2.10. The molecule has 0 aliphatic heterocycles. The molecule has 0 radical (unpaired) electrons. The van der Waals surface area contributed by atoms with Gasteiger partial charge in [-0.05, 0) is 23.3 Å². The number of nitrogen functional groups attached to an aromatic ring is 2. The van der Waals surface area contributed by atoms with Crippen molar-refractivity contribution in [2.45, 2.75) is 0 Å². The van der Waals surface area contributed by atoms with E-state index in [4.69, 9.17) is 16.7 Å². The van der Waals surface area contributed by atoms with Crippen LogP contribution in [0.5, 0.6) is 0 Å². The van der Waals surface area contributed by atoms with Gasteiger partial charge in [-0.15, -0.1) is 0 Å². The van der Waals surface area contributed by atoms with Crippen LogP contribution in [0.3, 0.4) is 0 Å². The van der Waals surface area contributed by atoms with Crippen LogP contribution in [0.4, 0.5) is 11.9 Å². The fourth-order valence-electron chi connectivity index (χ4n) is 2.20. The summed E-state index contributed by atoms with van der Waals surface area (Å²) in [4.78, 5) is 12.0. The lowest BCUT2D eigenvalue weighted by atomic mass is 9.97. The fraction of sp³-hybridized carbons (Fsp3) is 0. The molecule has 0 fully saturated rings. The Balaban J connectivity index is 2.27. The van der Waals surface area contributed by atoms with Crippen molar-refractivity contribution >= 4 is 11.9 Å². The van der Waals surface area contributed by atoms with E-state index in [9.17, 15) is 0 Å². The lowest BCUT2D eigenvalue weighted by molar-refractivity contribution is 1.09. The van der Waals surface area contributed by atoms with E-state index >= 15 is 0 Å². The Morgan fingerprint density at radius 3 is 2.14 bits per heavy atom. The van der Waals surface area contributed by atoms with Gasteiger partial charge in [0.1, 0.15) is 0 Å². The number of aromatic nitrogens is 3. The Kier molecular flexibility index (Phi) is 3.38. The van der Waals surface area contributed by atoms with Gasteiger partial charge in [0, 0.05) is 5.56 Å². The number of nitriles is 1. The molecule has 6 heteroatoms. The van der Waals surface area contributed by atoms with E-state index < -0.39 is 0 Å². The lowest BCUT2D eigenvalue weighted by Crippen LogP contribution is -2.05. The molecule has 1 aromatic heterocycles. The van der Waals surface area contributed by atoms with Gasteiger partial charge in [-0.3, -0.25) is 0 Å². The fourth-order valence-corrected chi connectivity index (χ4v) is 2.20. The molecule has 106 valence electrons. The molecule has 0 saturated carbocycles. The van der Waals surface area contributed by atoms with E-state index in [-0.39, 0.29) is 11.9 Å². The highest BCUT2D eigenvalue weighted by molar-refractivity contribution is 5.82. The van der Waals surface area contributed by atoms with Gasteiger partial charge in [0.05, 0.1) is 11.6 Å². The highest BCUT2D eigenvalue weighted by Gasteiger charge is 2.13. The topological polar surface area (TPSA) is 114 Å². The van der Waals surface area contributed by atoms with Crippen LogP contribution in [-0.4, -0.2) is 15.0 Å². The minimum atomic E-state index is 0.0453. The Morgan fingerprint density at radius 2 is 1.50 bits per heavy atom. The summed E-state index contributed by atoms with van der Waals surface area (Å²) in [6, 6.07) is 17.2. The van der Waals surface area contributed by atoms with Crippen molar-refractivity contribution in [3.8, 4) is 28.6 Å². The molecule has 22 heavy (non-hydrogen) atoms. The second-order valence-corrected chi connectivity index (χ2v) is 4.61. The predicted molar refractivity (Wildman–Crippen MR) is 84.2 cm³/mol. The highest BCUT2D eigenvalue weighted by Crippen LogP contribution is 2.31. The molecule has 0 bridgehead atoms. The third-order valence-electron chi connectivity index (χ3n) is 3.14. The van der Waals surface area contributed by atoms with Gasteiger partial charge < -0.3 is 11.5 Å². The average Bonchev–Trinajstić information content (AvgIpc) is 2.54. The minimum absolute atomic E-state index is 0.0453. The molecule has 3 aromatic rings. The first-order valence-electron chi connectivity index (χ1n) is 6.54. The van der Waals surface area contributed by atoms with Gasteiger partial charge >= 0.3 is 0 Å². The van der Waals surface area contributed by atoms with Crippen LogP contribution in [0, 0.1) is 11.3 Å². The smallest absolute Gasteiger partial charge is 0.225 e. The highest BCUT2D eigenvalue weighted by atomic mass is 15.1. The van der Waals surface area contributed by atoms with Gasteiger partial charge in [0.2, 0.25) is 11.9 Å². The zero-order chi connectivity index (χ0) is 15.5. The van der Waals surface area contributed by atoms with Crippen molar-refractivity contribution in [2.24, 2.45) is 0 Å². The molecule has 0 amide bonds. The first-order valence-corrected chi connectivity index (χ1v) is 6.54. The monoisotopic (exact) mass is 288 g/mol. The molecular weight excluding hydrogens is 276 g/mol. The van der Waals surface area contributed by atoms with Gasteiger partial charge in [-0.2, -0.15) is 20.2 Å². The number of anilines is 2. The van der Waals surface area contributed by atoms with Crippen LogP contribution in [0.2, 0.25) is 0 Å². The van der Waals surface area contributed by atoms with Gasteiger partial charge in [0.15, 0.2) is 5.82 Å². The Hall–Kier alpha value is -3.46. The third kappa shape index (κ3) is 2.55. The maximum atomic E-state index is 9.13. The number of rotatable bonds is 2. The summed E-state index contributed by atoms with van der Waals surface area (Å²) >= 11 is 0. The molecule has 6 nitrogen and oxygen atoms in total. The summed E-state index contributed by atoms with van der Waals surface area (Å²) in [6.45, 7) is 0. The molecule has 0 spiro atoms. The van der Waals surface area contributed by atoms with Crippen molar-refractivity contribution in [3.05, 3.63) is 54.1 Å². The Labute approximate surface area is 127 Å². The quantitative estimate of drug-likeness (QED) is 0.747. The largest absolute Gasteiger partial charge is 0.368 e. The first-order chi connectivity index (χ1) is 10.7. The zero-order valence-corrected chi connectivity index (χ0v) is 11.6. The van der Waals surface area contributed by atoms with Gasteiger partial charge in [-0.25, -0.2) is 0 Å². The Morgan fingerprint density at radius 1 is 0.818 bits per heavy atom. The number of nitrogens with two attached hydrogens (primary N) is 2. The van der Waals surface area contributed by atoms with Crippen molar-refractivity contribution in [3.63, 3.8) is 0 Å². The van der Waals surface area contributed by atoms with Crippen molar-refractivity contribution in [1.29, 1.82) is 5.26 Å². The van der Waals surface area contributed by atoms with Crippen molar-refractivity contribution < 1.29 is 0 Å². The molecule has 0 atom stereocenters. The third-order valence-corrected chi connectivity index (χ3v) is 3.14. The van der Waals surface area contributed by atoms with Crippen LogP contribution in [-0.2, 0) is 0 Å². The van der Waals surface area contributed by atoms with Crippen LogP contribution < -0.4 is 11.5 Å². The molecule has 0 aliphatic rings. The minimum Gasteiger partial charge on any atom is -0.368 e. The second-order valence-electron chi connectivity index (χ2n) is 4.61. The van der Waals surface area contributed by atoms with E-state index in [1.165, 1.54) is 0 Å². The standard InChI is InChI=1S/C16H12N6/c17-9-10-6-7-12(11-4-2-1-3-5-11)13(8-10)14-20-15(18)22-16(19)21-14/h1-8H,(H4,18,19,20,21,22). The van der Waals surface area contributed by atoms with Gasteiger partial charge in [0.25, 0.3) is 0 Å². The summed E-state index contributed by atoms with van der Waals surface area (Å²) in [6.07, 6.45) is 0. The van der Waals surface area contributed by atoms with E-state index in [1.54, 1.807) is 12.1 Å². The van der Waals surface area contributed by atoms with Crippen LogP contribution in [0.25, 0.3) is 22.5 Å². The summed E-state index contributed by atoms with van der Waals surface area (Å²) < 4.78 is 0. The number of hydrogen-bond donors (Lipinski definition) is 2. The summed E-state index contributed by atoms with van der Waals surface area (Å²) in [5.41, 5.74) is 14.4. The molecule has 1 heterocycles. The normalized spacial score (nSPS) is 10.1. The van der Waals surface area contributed by atoms with E-state index in [0.717, 1.165) is 11.1 Å². The SMILES string of the molecule is N#Cc1ccc(-c2ccccc2)c(-c2nc(N)nc(N)n2)c1. The summed E-state index contributed by atoms with van der Waals surface area (Å²) in [5.74, 6) is 0.439. The maximum absolute atomic E-state index is 9.13. The first kappa shape index (κ1) is 13.5. The Bertz CT molecular complexity index is 847. The van der Waals surface area contributed by atoms with Crippen LogP contribution >= 0.6 is 0 Å². The average molecular weight is 288 g/mol. The molecule has 0 saturated heterocycles. The molecule has 2 aromatic carbocycles. The molecule has 4 N–H and O–H groups in total. The number of benzene rings is 2. The molecule has 3 rings (SSSR count). The number of hydrogen-bond acceptors (Lipinski definition) is 6. The zero-order valence-electron chi connectivity index (χ0n) is 11.6. The number of nitrogens with zero attached hydrogens (tertiary/aromatic N) is 4. The molecule has 0 aliphatic carbocycles.